The SMILES string of the molecule is Cc1cc(-c2nnc(N)s2)sn1. The number of hydrogen-bond donors (Lipinski definition) is 1. The van der Waals surface area contributed by atoms with Crippen LogP contribution in [0.15, 0.2) is 6.07 Å². The van der Waals surface area contributed by atoms with Crippen molar-refractivity contribution in [1.82, 2.24) is 14.6 Å². The first-order valence-electron chi connectivity index (χ1n) is 3.28. The summed E-state index contributed by atoms with van der Waals surface area (Å²) in [4.78, 5) is 1.03. The second-order valence-corrected chi connectivity index (χ2v) is 4.09. The van der Waals surface area contributed by atoms with Gasteiger partial charge >= 0.3 is 0 Å². The maximum Gasteiger partial charge on any atom is 0.203 e. The molecule has 6 heteroatoms. The molecule has 2 aromatic rings. The predicted molar refractivity (Wildman–Crippen MR) is 50.2 cm³/mol. The Hall–Kier alpha value is -1.01. The number of nitrogens with zero attached hydrogens (tertiary/aromatic N) is 3. The van der Waals surface area contributed by atoms with E-state index in [4.69, 9.17) is 5.73 Å². The van der Waals surface area contributed by atoms with Crippen LogP contribution in [0.3, 0.4) is 0 Å². The average molecular weight is 198 g/mol. The number of anilines is 1. The van der Waals surface area contributed by atoms with E-state index in [0.717, 1.165) is 15.6 Å². The molecule has 62 valence electrons. The Balaban J connectivity index is 2.43. The molecule has 0 unspecified atom stereocenters. The van der Waals surface area contributed by atoms with Gasteiger partial charge in [0.05, 0.1) is 10.6 Å². The van der Waals surface area contributed by atoms with Crippen LogP contribution in [0, 0.1) is 6.92 Å². The number of nitrogens with two attached hydrogens (primary N) is 1. The topological polar surface area (TPSA) is 64.7 Å². The van der Waals surface area contributed by atoms with E-state index in [2.05, 4.69) is 14.6 Å². The van der Waals surface area contributed by atoms with Crippen LogP contribution in [0.4, 0.5) is 5.13 Å². The maximum atomic E-state index is 5.45. The Morgan fingerprint density at radius 1 is 1.42 bits per heavy atom. The predicted octanol–water partition coefficient (Wildman–Crippen LogP) is 1.55. The van der Waals surface area contributed by atoms with Gasteiger partial charge in [-0.25, -0.2) is 0 Å². The van der Waals surface area contributed by atoms with E-state index in [9.17, 15) is 0 Å². The van der Waals surface area contributed by atoms with Crippen LogP contribution in [0.1, 0.15) is 5.69 Å². The van der Waals surface area contributed by atoms with Gasteiger partial charge < -0.3 is 5.73 Å². The third-order valence-corrected chi connectivity index (χ3v) is 3.08. The molecular weight excluding hydrogens is 192 g/mol. The van der Waals surface area contributed by atoms with Gasteiger partial charge in [0.25, 0.3) is 0 Å². The number of nitrogen functional groups attached to an aromatic ring is 1. The highest BCUT2D eigenvalue weighted by atomic mass is 32.1. The van der Waals surface area contributed by atoms with Crippen LogP contribution in [0.2, 0.25) is 0 Å². The van der Waals surface area contributed by atoms with Gasteiger partial charge in [-0.1, -0.05) is 11.3 Å². The minimum Gasteiger partial charge on any atom is -0.374 e. The highest BCUT2D eigenvalue weighted by Gasteiger charge is 2.06. The molecule has 0 aromatic carbocycles. The molecule has 0 fully saturated rings. The molecule has 2 aromatic heterocycles. The van der Waals surface area contributed by atoms with Gasteiger partial charge in [-0.05, 0) is 24.5 Å². The van der Waals surface area contributed by atoms with Crippen LogP contribution >= 0.6 is 22.9 Å². The minimum atomic E-state index is 0.496. The first-order valence-corrected chi connectivity index (χ1v) is 4.87. The second-order valence-electron chi connectivity index (χ2n) is 2.28. The van der Waals surface area contributed by atoms with E-state index in [0.29, 0.717) is 5.13 Å². The zero-order valence-corrected chi connectivity index (χ0v) is 7.95. The first-order chi connectivity index (χ1) is 5.75. The molecule has 2 rings (SSSR count). The van der Waals surface area contributed by atoms with Crippen molar-refractivity contribution in [3.63, 3.8) is 0 Å². The fourth-order valence-corrected chi connectivity index (χ4v) is 2.19. The van der Waals surface area contributed by atoms with Gasteiger partial charge in [0.15, 0.2) is 5.01 Å². The lowest BCUT2D eigenvalue weighted by molar-refractivity contribution is 1.11. The van der Waals surface area contributed by atoms with E-state index in [1.54, 1.807) is 0 Å². The Morgan fingerprint density at radius 3 is 2.75 bits per heavy atom. The highest BCUT2D eigenvalue weighted by Crippen LogP contribution is 2.28. The average Bonchev–Trinajstić information content (AvgIpc) is 2.58. The Kier molecular flexibility index (Phi) is 1.78. The summed E-state index contributed by atoms with van der Waals surface area (Å²) in [6.07, 6.45) is 0. The molecule has 0 aliphatic heterocycles. The molecule has 12 heavy (non-hydrogen) atoms. The van der Waals surface area contributed by atoms with Crippen LogP contribution in [-0.2, 0) is 0 Å². The summed E-state index contributed by atoms with van der Waals surface area (Å²) in [6, 6.07) is 1.98. The van der Waals surface area contributed by atoms with Crippen LogP contribution in [-0.4, -0.2) is 14.6 Å². The molecule has 2 N–H and O–H groups in total. The molecule has 0 aliphatic carbocycles. The van der Waals surface area contributed by atoms with Crippen LogP contribution < -0.4 is 5.73 Å². The highest BCUT2D eigenvalue weighted by molar-refractivity contribution is 7.21. The summed E-state index contributed by atoms with van der Waals surface area (Å²) in [5.74, 6) is 0. The van der Waals surface area contributed by atoms with Crippen LogP contribution in [0.5, 0.6) is 0 Å². The van der Waals surface area contributed by atoms with Gasteiger partial charge in [-0.15, -0.1) is 10.2 Å². The second kappa shape index (κ2) is 2.80. The summed E-state index contributed by atoms with van der Waals surface area (Å²) in [6.45, 7) is 1.95. The van der Waals surface area contributed by atoms with Crippen molar-refractivity contribution in [2.45, 2.75) is 6.92 Å². The molecule has 0 saturated heterocycles. The third kappa shape index (κ3) is 1.30. The summed E-state index contributed by atoms with van der Waals surface area (Å²) >= 11 is 2.80. The number of hydrogen-bond acceptors (Lipinski definition) is 6. The smallest absolute Gasteiger partial charge is 0.203 e. The first kappa shape index (κ1) is 7.63. The zero-order valence-electron chi connectivity index (χ0n) is 6.31. The van der Waals surface area contributed by atoms with Gasteiger partial charge in [0.2, 0.25) is 5.13 Å². The molecule has 0 radical (unpaired) electrons. The fourth-order valence-electron chi connectivity index (χ4n) is 0.799. The van der Waals surface area contributed by atoms with E-state index >= 15 is 0 Å². The van der Waals surface area contributed by atoms with E-state index < -0.39 is 0 Å². The van der Waals surface area contributed by atoms with Crippen molar-refractivity contribution in [1.29, 1.82) is 0 Å². The molecule has 0 atom stereocenters. The van der Waals surface area contributed by atoms with Crippen molar-refractivity contribution in [2.24, 2.45) is 0 Å². The lowest BCUT2D eigenvalue weighted by atomic mass is 10.4. The van der Waals surface area contributed by atoms with Crippen molar-refractivity contribution in [3.05, 3.63) is 11.8 Å². The van der Waals surface area contributed by atoms with Crippen molar-refractivity contribution in [3.8, 4) is 9.88 Å². The molecule has 2 heterocycles. The molecule has 0 bridgehead atoms. The normalized spacial score (nSPS) is 10.4. The summed E-state index contributed by atoms with van der Waals surface area (Å²) in [5.41, 5.74) is 6.46. The molecule has 0 amide bonds. The molecule has 0 spiro atoms. The van der Waals surface area contributed by atoms with Crippen molar-refractivity contribution >= 4 is 28.0 Å². The largest absolute Gasteiger partial charge is 0.374 e. The van der Waals surface area contributed by atoms with Gasteiger partial charge in [-0.3, -0.25) is 0 Å². The maximum absolute atomic E-state index is 5.45. The van der Waals surface area contributed by atoms with Crippen molar-refractivity contribution < 1.29 is 0 Å². The lowest BCUT2D eigenvalue weighted by Crippen LogP contribution is -1.79. The standard InChI is InChI=1S/C6H6N4S2/c1-3-2-4(12-10-3)5-8-9-6(7)11-5/h2H,1H3,(H2,7,9). The molecule has 0 aliphatic rings. The molecule has 0 saturated carbocycles. The number of rotatable bonds is 1. The Morgan fingerprint density at radius 2 is 2.25 bits per heavy atom. The quantitative estimate of drug-likeness (QED) is 0.755. The number of aromatic nitrogens is 3. The summed E-state index contributed by atoms with van der Waals surface area (Å²) in [7, 11) is 0. The van der Waals surface area contributed by atoms with E-state index in [1.165, 1.54) is 22.9 Å². The zero-order chi connectivity index (χ0) is 8.55. The summed E-state index contributed by atoms with van der Waals surface area (Å²) in [5, 5.41) is 8.98. The van der Waals surface area contributed by atoms with E-state index in [-0.39, 0.29) is 0 Å². The van der Waals surface area contributed by atoms with E-state index in [1.807, 2.05) is 13.0 Å². The summed E-state index contributed by atoms with van der Waals surface area (Å²) < 4.78 is 4.14. The van der Waals surface area contributed by atoms with Gasteiger partial charge in [0.1, 0.15) is 0 Å². The Bertz CT molecular complexity index is 353. The lowest BCUT2D eigenvalue weighted by Gasteiger charge is -1.80. The fraction of sp³-hybridized carbons (Fsp3) is 0.167. The molecular formula is C6H6N4S2. The monoisotopic (exact) mass is 198 g/mol. The third-order valence-electron chi connectivity index (χ3n) is 1.28. The van der Waals surface area contributed by atoms with Gasteiger partial charge in [-0.2, -0.15) is 4.37 Å². The Labute approximate surface area is 77.2 Å². The van der Waals surface area contributed by atoms with Crippen LogP contribution in [0.25, 0.3) is 9.88 Å². The minimum absolute atomic E-state index is 0.496. The van der Waals surface area contributed by atoms with Gasteiger partial charge in [0, 0.05) is 0 Å². The van der Waals surface area contributed by atoms with Crippen molar-refractivity contribution in [2.75, 3.05) is 5.73 Å². The number of aryl methyl sites for hydroxylation is 1. The molecule has 4 nitrogen and oxygen atoms in total.